The molecule has 0 aromatic carbocycles. The third-order valence-corrected chi connectivity index (χ3v) is 4.04. The Hall–Kier alpha value is -1.60. The van der Waals surface area contributed by atoms with Crippen LogP contribution in [0.1, 0.15) is 4.88 Å². The van der Waals surface area contributed by atoms with Crippen LogP contribution >= 0.6 is 22.7 Å². The number of nitrogens with one attached hydrogen (secondary N) is 1. The minimum absolute atomic E-state index is 0.0946. The van der Waals surface area contributed by atoms with Crippen molar-refractivity contribution in [1.29, 1.82) is 0 Å². The molecule has 0 saturated carbocycles. The van der Waals surface area contributed by atoms with Gasteiger partial charge in [0.05, 0.1) is 17.1 Å². The highest BCUT2D eigenvalue weighted by Gasteiger charge is 2.08. The Kier molecular flexibility index (Phi) is 3.83. The van der Waals surface area contributed by atoms with Crippen molar-refractivity contribution in [3.8, 4) is 10.6 Å². The van der Waals surface area contributed by atoms with Crippen LogP contribution in [0.5, 0.6) is 0 Å². The minimum atomic E-state index is -0.0946. The van der Waals surface area contributed by atoms with E-state index in [4.69, 9.17) is 5.73 Å². The zero-order valence-electron chi connectivity index (χ0n) is 10.1. The Morgan fingerprint density at radius 2 is 2.28 bits per heavy atom. The largest absolute Gasteiger partial charge is 0.375 e. The lowest BCUT2D eigenvalue weighted by Crippen LogP contribution is -2.33. The van der Waals surface area contributed by atoms with Crippen molar-refractivity contribution < 1.29 is 4.79 Å². The molecule has 2 rings (SSSR count). The average Bonchev–Trinajstić information content (AvgIpc) is 2.94. The average molecular weight is 282 g/mol. The van der Waals surface area contributed by atoms with Crippen molar-refractivity contribution in [2.45, 2.75) is 6.54 Å². The van der Waals surface area contributed by atoms with Crippen molar-refractivity contribution >= 4 is 33.8 Å². The number of nitrogens with zero attached hydrogens (tertiary/aromatic N) is 2. The van der Waals surface area contributed by atoms with Gasteiger partial charge in [-0.3, -0.25) is 0 Å². The third kappa shape index (κ3) is 2.99. The van der Waals surface area contributed by atoms with E-state index in [0.29, 0.717) is 11.7 Å². The highest BCUT2D eigenvalue weighted by molar-refractivity contribution is 7.16. The number of aromatic nitrogens is 1. The van der Waals surface area contributed by atoms with E-state index in [1.165, 1.54) is 16.2 Å². The van der Waals surface area contributed by atoms with Gasteiger partial charge < -0.3 is 16.0 Å². The van der Waals surface area contributed by atoms with Crippen molar-refractivity contribution in [3.05, 3.63) is 22.4 Å². The van der Waals surface area contributed by atoms with Gasteiger partial charge in [-0.1, -0.05) is 0 Å². The second-order valence-electron chi connectivity index (χ2n) is 3.89. The highest BCUT2D eigenvalue weighted by Crippen LogP contribution is 2.29. The van der Waals surface area contributed by atoms with Crippen LogP contribution in [0.4, 0.5) is 9.93 Å². The summed E-state index contributed by atoms with van der Waals surface area (Å²) in [7, 11) is 3.43. The summed E-state index contributed by atoms with van der Waals surface area (Å²) in [5.74, 6) is 0. The van der Waals surface area contributed by atoms with Crippen molar-refractivity contribution in [3.63, 3.8) is 0 Å². The van der Waals surface area contributed by atoms with E-state index in [1.807, 2.05) is 17.5 Å². The maximum absolute atomic E-state index is 11.4. The molecule has 0 atom stereocenters. The van der Waals surface area contributed by atoms with Crippen LogP contribution in [0.25, 0.3) is 10.6 Å². The fourth-order valence-corrected chi connectivity index (χ4v) is 2.88. The normalized spacial score (nSPS) is 10.3. The Bertz CT molecular complexity index is 547. The summed E-state index contributed by atoms with van der Waals surface area (Å²) in [5.41, 5.74) is 6.50. The molecule has 2 heterocycles. The topological polar surface area (TPSA) is 71.2 Å². The molecule has 2 aromatic rings. The van der Waals surface area contributed by atoms with E-state index < -0.39 is 0 Å². The van der Waals surface area contributed by atoms with Crippen LogP contribution < -0.4 is 11.1 Å². The predicted octanol–water partition coefficient (Wildman–Crippen LogP) is 2.23. The molecule has 0 saturated heterocycles. The number of rotatable bonds is 3. The number of amides is 2. The van der Waals surface area contributed by atoms with Gasteiger partial charge in [-0.2, -0.15) is 0 Å². The molecule has 3 N–H and O–H groups in total. The molecule has 0 unspecified atom stereocenters. The summed E-state index contributed by atoms with van der Waals surface area (Å²) >= 11 is 3.04. The highest BCUT2D eigenvalue weighted by atomic mass is 32.1. The van der Waals surface area contributed by atoms with Gasteiger partial charge in [0.1, 0.15) is 0 Å². The number of carbonyl (C=O) groups excluding carboxylic acids is 1. The van der Waals surface area contributed by atoms with Gasteiger partial charge in [-0.05, 0) is 12.1 Å². The Balaban J connectivity index is 2.00. The number of urea groups is 1. The molecule has 96 valence electrons. The number of anilines is 1. The van der Waals surface area contributed by atoms with Crippen molar-refractivity contribution in [2.24, 2.45) is 0 Å². The molecule has 5 nitrogen and oxygen atoms in total. The summed E-state index contributed by atoms with van der Waals surface area (Å²) in [6.07, 6.45) is 0. The summed E-state index contributed by atoms with van der Waals surface area (Å²) in [4.78, 5) is 19.3. The number of hydrogen-bond acceptors (Lipinski definition) is 5. The molecule has 2 amide bonds. The summed E-state index contributed by atoms with van der Waals surface area (Å²) in [6.45, 7) is 0.529. The molecular formula is C11H14N4OS2. The van der Waals surface area contributed by atoms with Crippen molar-refractivity contribution in [2.75, 3.05) is 19.8 Å². The minimum Gasteiger partial charge on any atom is -0.375 e. The first kappa shape index (κ1) is 12.8. The van der Waals surface area contributed by atoms with Gasteiger partial charge in [-0.25, -0.2) is 9.78 Å². The summed E-state index contributed by atoms with van der Waals surface area (Å²) in [5, 5.41) is 5.33. The molecular weight excluding hydrogens is 268 g/mol. The van der Waals surface area contributed by atoms with E-state index in [9.17, 15) is 4.79 Å². The SMILES string of the molecule is CN(C)C(=O)NCc1ccc(-c2csc(N)n2)s1. The molecule has 0 fully saturated rings. The van der Waals surface area contributed by atoms with Gasteiger partial charge in [0, 0.05) is 24.4 Å². The lowest BCUT2D eigenvalue weighted by atomic mass is 10.3. The maximum atomic E-state index is 11.4. The fourth-order valence-electron chi connectivity index (χ4n) is 1.33. The number of hydrogen-bond donors (Lipinski definition) is 2. The third-order valence-electron chi connectivity index (χ3n) is 2.26. The van der Waals surface area contributed by atoms with Gasteiger partial charge in [0.15, 0.2) is 5.13 Å². The lowest BCUT2D eigenvalue weighted by Gasteiger charge is -2.10. The monoisotopic (exact) mass is 282 g/mol. The molecule has 0 bridgehead atoms. The van der Waals surface area contributed by atoms with E-state index in [2.05, 4.69) is 10.3 Å². The first-order chi connectivity index (χ1) is 8.56. The first-order valence-corrected chi connectivity index (χ1v) is 7.01. The van der Waals surface area contributed by atoms with Gasteiger partial charge >= 0.3 is 6.03 Å². The van der Waals surface area contributed by atoms with E-state index in [1.54, 1.807) is 25.4 Å². The first-order valence-electron chi connectivity index (χ1n) is 5.31. The Morgan fingerprint density at radius 1 is 1.50 bits per heavy atom. The quantitative estimate of drug-likeness (QED) is 0.906. The van der Waals surface area contributed by atoms with Gasteiger partial charge in [-0.15, -0.1) is 22.7 Å². The zero-order valence-corrected chi connectivity index (χ0v) is 11.8. The molecule has 18 heavy (non-hydrogen) atoms. The predicted molar refractivity (Wildman–Crippen MR) is 75.8 cm³/mol. The van der Waals surface area contributed by atoms with Crippen LogP contribution in [-0.4, -0.2) is 30.0 Å². The summed E-state index contributed by atoms with van der Waals surface area (Å²) < 4.78 is 0. The van der Waals surface area contributed by atoms with Crippen LogP contribution in [0, 0.1) is 0 Å². The molecule has 0 radical (unpaired) electrons. The van der Waals surface area contributed by atoms with Crippen molar-refractivity contribution in [1.82, 2.24) is 15.2 Å². The van der Waals surface area contributed by atoms with E-state index in [-0.39, 0.29) is 6.03 Å². The summed E-state index contributed by atoms with van der Waals surface area (Å²) in [6, 6.07) is 3.89. The lowest BCUT2D eigenvalue weighted by molar-refractivity contribution is 0.217. The van der Waals surface area contributed by atoms with Crippen LogP contribution in [0.3, 0.4) is 0 Å². The Labute approximate surface area is 113 Å². The fraction of sp³-hybridized carbons (Fsp3) is 0.273. The standard InChI is InChI=1S/C11H14N4OS2/c1-15(2)11(16)13-5-7-3-4-9(18-7)8-6-17-10(12)14-8/h3-4,6H,5H2,1-2H3,(H2,12,14)(H,13,16). The zero-order chi connectivity index (χ0) is 13.1. The Morgan fingerprint density at radius 3 is 2.89 bits per heavy atom. The van der Waals surface area contributed by atoms with E-state index in [0.717, 1.165) is 15.4 Å². The second kappa shape index (κ2) is 5.36. The number of nitrogen functional groups attached to an aromatic ring is 1. The van der Waals surface area contributed by atoms with Gasteiger partial charge in [0.25, 0.3) is 0 Å². The molecule has 0 aliphatic carbocycles. The van der Waals surface area contributed by atoms with Crippen LogP contribution in [0.2, 0.25) is 0 Å². The molecule has 0 aliphatic heterocycles. The number of thiazole rings is 1. The molecule has 0 aliphatic rings. The van der Waals surface area contributed by atoms with Gasteiger partial charge in [0.2, 0.25) is 0 Å². The molecule has 0 spiro atoms. The van der Waals surface area contributed by atoms with Crippen LogP contribution in [0.15, 0.2) is 17.5 Å². The smallest absolute Gasteiger partial charge is 0.317 e. The second-order valence-corrected chi connectivity index (χ2v) is 5.95. The van der Waals surface area contributed by atoms with Crippen LogP contribution in [-0.2, 0) is 6.54 Å². The number of thiophene rings is 1. The maximum Gasteiger partial charge on any atom is 0.317 e. The number of nitrogens with two attached hydrogens (primary N) is 1. The number of carbonyl (C=O) groups is 1. The molecule has 2 aromatic heterocycles. The molecule has 7 heteroatoms. The van der Waals surface area contributed by atoms with E-state index >= 15 is 0 Å².